The van der Waals surface area contributed by atoms with Crippen molar-refractivity contribution in [1.29, 1.82) is 0 Å². The van der Waals surface area contributed by atoms with Crippen molar-refractivity contribution in [2.45, 2.75) is 38.1 Å². The minimum atomic E-state index is 0.0810. The molecule has 0 saturated carbocycles. The maximum Gasteiger partial charge on any atom is 0.298 e. The Balaban J connectivity index is 1.22. The van der Waals surface area contributed by atoms with E-state index >= 15 is 0 Å². The van der Waals surface area contributed by atoms with Gasteiger partial charge in [0.2, 0.25) is 5.91 Å². The largest absolute Gasteiger partial charge is 0.423 e. The lowest BCUT2D eigenvalue weighted by Crippen LogP contribution is -2.45. The fourth-order valence-electron chi connectivity index (χ4n) is 4.80. The van der Waals surface area contributed by atoms with E-state index in [9.17, 15) is 4.79 Å². The van der Waals surface area contributed by atoms with E-state index in [2.05, 4.69) is 20.9 Å². The highest BCUT2D eigenvalue weighted by Crippen LogP contribution is 2.30. The third-order valence-corrected chi connectivity index (χ3v) is 6.84. The molecular formula is C24H26ClN3O2. The van der Waals surface area contributed by atoms with Crippen LogP contribution in [0.5, 0.6) is 0 Å². The average Bonchev–Trinajstić information content (AvgIpc) is 3.42. The maximum absolute atomic E-state index is 13.3. The van der Waals surface area contributed by atoms with Crippen LogP contribution in [0.25, 0.3) is 11.1 Å². The van der Waals surface area contributed by atoms with Crippen molar-refractivity contribution >= 4 is 34.6 Å². The second-order valence-corrected chi connectivity index (χ2v) is 8.76. The van der Waals surface area contributed by atoms with Gasteiger partial charge in [-0.25, -0.2) is 0 Å². The molecule has 6 heteroatoms. The molecule has 5 nitrogen and oxygen atoms in total. The predicted molar refractivity (Wildman–Crippen MR) is 119 cm³/mol. The molecule has 2 fully saturated rings. The highest BCUT2D eigenvalue weighted by Gasteiger charge is 2.35. The number of benzene rings is 2. The van der Waals surface area contributed by atoms with Gasteiger partial charge >= 0.3 is 0 Å². The van der Waals surface area contributed by atoms with Crippen LogP contribution < -0.4 is 4.90 Å². The molecule has 0 bridgehead atoms. The van der Waals surface area contributed by atoms with Crippen molar-refractivity contribution in [3.05, 3.63) is 59.1 Å². The molecule has 0 aliphatic carbocycles. The number of likely N-dealkylation sites (tertiary alicyclic amines) is 1. The summed E-state index contributed by atoms with van der Waals surface area (Å²) in [5, 5.41) is 0.795. The van der Waals surface area contributed by atoms with Gasteiger partial charge in [-0.2, -0.15) is 4.98 Å². The van der Waals surface area contributed by atoms with Crippen LogP contribution in [0, 0.1) is 5.92 Å². The number of hydrogen-bond acceptors (Lipinski definition) is 4. The van der Waals surface area contributed by atoms with Gasteiger partial charge in [-0.15, -0.1) is 0 Å². The Morgan fingerprint density at radius 3 is 2.60 bits per heavy atom. The molecule has 2 aliphatic heterocycles. The zero-order chi connectivity index (χ0) is 20.5. The number of halogens is 1. The molecule has 3 aromatic rings. The number of hydrogen-bond donors (Lipinski definition) is 0. The molecule has 1 atom stereocenters. The van der Waals surface area contributed by atoms with Crippen LogP contribution in [-0.2, 0) is 11.2 Å². The Kier molecular flexibility index (Phi) is 5.38. The molecule has 3 heterocycles. The van der Waals surface area contributed by atoms with Crippen LogP contribution >= 0.6 is 11.6 Å². The zero-order valence-corrected chi connectivity index (χ0v) is 17.7. The van der Waals surface area contributed by atoms with Crippen LogP contribution in [0.2, 0.25) is 5.02 Å². The summed E-state index contributed by atoms with van der Waals surface area (Å²) >= 11 is 6.36. The number of carbonyl (C=O) groups is 1. The molecule has 30 heavy (non-hydrogen) atoms. The number of carbonyl (C=O) groups excluding carboxylic acids is 1. The number of amides is 1. The molecule has 0 spiro atoms. The number of oxazole rings is 1. The molecular weight excluding hydrogens is 398 g/mol. The van der Waals surface area contributed by atoms with E-state index in [4.69, 9.17) is 16.0 Å². The summed E-state index contributed by atoms with van der Waals surface area (Å²) in [6.07, 6.45) is 4.65. The summed E-state index contributed by atoms with van der Waals surface area (Å²) in [5.41, 5.74) is 2.82. The number of anilines is 1. The molecule has 1 aromatic heterocycles. The molecule has 1 unspecified atom stereocenters. The summed E-state index contributed by atoms with van der Waals surface area (Å²) in [6.45, 7) is 2.46. The van der Waals surface area contributed by atoms with Crippen molar-refractivity contribution in [3.63, 3.8) is 0 Å². The van der Waals surface area contributed by atoms with E-state index in [1.807, 2.05) is 42.5 Å². The normalized spacial score (nSPS) is 20.2. The number of piperidine rings is 1. The van der Waals surface area contributed by atoms with Crippen molar-refractivity contribution in [2.24, 2.45) is 5.92 Å². The molecule has 156 valence electrons. The molecule has 2 saturated heterocycles. The lowest BCUT2D eigenvalue weighted by Gasteiger charge is -2.34. The summed E-state index contributed by atoms with van der Waals surface area (Å²) in [5.74, 6) is 0.388. The standard InChI is InChI=1S/C24H26ClN3O2/c25-20-8-2-1-6-18(20)16-19-7-5-13-28(19)23(29)17-11-14-27(15-12-17)24-26-21-9-3-4-10-22(21)30-24/h1-4,6,8-10,17,19H,5,7,11-16H2. The Morgan fingerprint density at radius 2 is 1.80 bits per heavy atom. The van der Waals surface area contributed by atoms with Crippen LogP contribution in [-0.4, -0.2) is 41.5 Å². The molecule has 5 rings (SSSR count). The van der Waals surface area contributed by atoms with Gasteiger partial charge in [0, 0.05) is 36.6 Å². The number of para-hydroxylation sites is 2. The van der Waals surface area contributed by atoms with E-state index < -0.39 is 0 Å². The van der Waals surface area contributed by atoms with Crippen LogP contribution in [0.4, 0.5) is 6.01 Å². The van der Waals surface area contributed by atoms with Crippen LogP contribution in [0.1, 0.15) is 31.2 Å². The summed E-state index contributed by atoms with van der Waals surface area (Å²) < 4.78 is 5.90. The molecule has 0 radical (unpaired) electrons. The monoisotopic (exact) mass is 423 g/mol. The third kappa shape index (κ3) is 3.79. The second kappa shape index (κ2) is 8.31. The van der Waals surface area contributed by atoms with Gasteiger partial charge < -0.3 is 14.2 Å². The summed E-state index contributed by atoms with van der Waals surface area (Å²) in [4.78, 5) is 22.2. The SMILES string of the molecule is O=C(C1CCN(c2nc3ccccc3o2)CC1)N1CCCC1Cc1ccccc1Cl. The van der Waals surface area contributed by atoms with Crippen molar-refractivity contribution in [1.82, 2.24) is 9.88 Å². The maximum atomic E-state index is 13.3. The molecule has 0 N–H and O–H groups in total. The number of aromatic nitrogens is 1. The average molecular weight is 424 g/mol. The minimum Gasteiger partial charge on any atom is -0.423 e. The quantitative estimate of drug-likeness (QED) is 0.596. The molecule has 1 amide bonds. The highest BCUT2D eigenvalue weighted by atomic mass is 35.5. The van der Waals surface area contributed by atoms with E-state index in [-0.39, 0.29) is 12.0 Å². The van der Waals surface area contributed by atoms with Gasteiger partial charge in [-0.1, -0.05) is 41.9 Å². The number of nitrogens with zero attached hydrogens (tertiary/aromatic N) is 3. The van der Waals surface area contributed by atoms with Gasteiger partial charge in [0.05, 0.1) is 0 Å². The zero-order valence-electron chi connectivity index (χ0n) is 17.0. The van der Waals surface area contributed by atoms with Gasteiger partial charge in [0.25, 0.3) is 6.01 Å². The fourth-order valence-corrected chi connectivity index (χ4v) is 5.02. The van der Waals surface area contributed by atoms with E-state index in [0.717, 1.165) is 73.4 Å². The van der Waals surface area contributed by atoms with Gasteiger partial charge in [0.1, 0.15) is 5.52 Å². The Labute approximate surface area is 181 Å². The molecule has 2 aromatic carbocycles. The van der Waals surface area contributed by atoms with Crippen LogP contribution in [0.15, 0.2) is 52.9 Å². The Morgan fingerprint density at radius 1 is 1.03 bits per heavy atom. The first-order valence-electron chi connectivity index (χ1n) is 10.8. The Bertz CT molecular complexity index is 1010. The van der Waals surface area contributed by atoms with E-state index in [0.29, 0.717) is 11.9 Å². The van der Waals surface area contributed by atoms with Gasteiger partial charge in [-0.3, -0.25) is 4.79 Å². The first-order chi connectivity index (χ1) is 14.7. The van der Waals surface area contributed by atoms with Gasteiger partial charge in [0.15, 0.2) is 5.58 Å². The van der Waals surface area contributed by atoms with Crippen molar-refractivity contribution in [3.8, 4) is 0 Å². The highest BCUT2D eigenvalue weighted by molar-refractivity contribution is 6.31. The predicted octanol–water partition coefficient (Wildman–Crippen LogP) is 4.93. The Hall–Kier alpha value is -2.53. The first-order valence-corrected chi connectivity index (χ1v) is 11.2. The topological polar surface area (TPSA) is 49.6 Å². The van der Waals surface area contributed by atoms with E-state index in [1.54, 1.807) is 0 Å². The van der Waals surface area contributed by atoms with Crippen molar-refractivity contribution in [2.75, 3.05) is 24.5 Å². The lowest BCUT2D eigenvalue weighted by molar-refractivity contribution is -0.137. The minimum absolute atomic E-state index is 0.0810. The summed E-state index contributed by atoms with van der Waals surface area (Å²) in [7, 11) is 0. The van der Waals surface area contributed by atoms with E-state index in [1.165, 1.54) is 0 Å². The third-order valence-electron chi connectivity index (χ3n) is 6.47. The first kappa shape index (κ1) is 19.4. The van der Waals surface area contributed by atoms with Crippen molar-refractivity contribution < 1.29 is 9.21 Å². The van der Waals surface area contributed by atoms with Gasteiger partial charge in [-0.05, 0) is 55.9 Å². The summed E-state index contributed by atoms with van der Waals surface area (Å²) in [6, 6.07) is 16.7. The lowest BCUT2D eigenvalue weighted by atomic mass is 9.94. The number of rotatable bonds is 4. The second-order valence-electron chi connectivity index (χ2n) is 8.35. The smallest absolute Gasteiger partial charge is 0.298 e. The number of fused-ring (bicyclic) bond motifs is 1. The fraction of sp³-hybridized carbons (Fsp3) is 0.417. The molecule has 2 aliphatic rings. The van der Waals surface area contributed by atoms with Crippen LogP contribution in [0.3, 0.4) is 0 Å².